The number of azide groups is 1. The Kier molecular flexibility index (Phi) is 6.96. The Bertz CT molecular complexity index is 1050. The molecule has 2 aliphatic heterocycles. The number of nitro benzene ring substituents is 1. The summed E-state index contributed by atoms with van der Waals surface area (Å²) in [4.78, 5) is 51.2. The van der Waals surface area contributed by atoms with Gasteiger partial charge in [0.2, 0.25) is 5.91 Å². The maximum atomic E-state index is 13.0. The summed E-state index contributed by atoms with van der Waals surface area (Å²) in [5, 5.41) is 14.4. The Labute approximate surface area is 190 Å². The van der Waals surface area contributed by atoms with Gasteiger partial charge in [0, 0.05) is 35.3 Å². The fraction of sp³-hybridized carbons (Fsp3) is 0.389. The predicted molar refractivity (Wildman–Crippen MR) is 115 cm³/mol. The molecule has 0 aliphatic carbocycles. The molecule has 0 aromatic heterocycles. The molecule has 1 aromatic rings. The molecular formula is C18H17N5O7S2. The number of β-lactam (4-membered cyclic amide) rings is 1. The van der Waals surface area contributed by atoms with Crippen molar-refractivity contribution in [3.05, 3.63) is 61.7 Å². The molecular weight excluding hydrogens is 462 g/mol. The summed E-state index contributed by atoms with van der Waals surface area (Å²) in [6.45, 7) is 0.828. The maximum absolute atomic E-state index is 13.0. The van der Waals surface area contributed by atoms with Crippen molar-refractivity contribution in [2.75, 3.05) is 18.6 Å². The smallest absolute Gasteiger partial charge is 0.355 e. The zero-order chi connectivity index (χ0) is 23.5. The van der Waals surface area contributed by atoms with E-state index in [1.807, 2.05) is 0 Å². The van der Waals surface area contributed by atoms with E-state index in [4.69, 9.17) is 15.0 Å². The molecule has 3 rings (SSSR count). The number of esters is 2. The Hall–Kier alpha value is -3.22. The molecule has 2 heterocycles. The van der Waals surface area contributed by atoms with Gasteiger partial charge in [0.25, 0.3) is 5.69 Å². The third-order valence-corrected chi connectivity index (χ3v) is 7.90. The van der Waals surface area contributed by atoms with Crippen molar-refractivity contribution in [3.8, 4) is 0 Å². The van der Waals surface area contributed by atoms with E-state index < -0.39 is 33.0 Å². The fourth-order valence-corrected chi connectivity index (χ4v) is 5.82. The number of nitro groups is 1. The number of amides is 1. The van der Waals surface area contributed by atoms with Crippen LogP contribution in [0.1, 0.15) is 12.5 Å². The van der Waals surface area contributed by atoms with E-state index in [1.165, 1.54) is 59.6 Å². The van der Waals surface area contributed by atoms with Crippen LogP contribution in [0.2, 0.25) is 0 Å². The lowest BCUT2D eigenvalue weighted by Crippen LogP contribution is -2.71. The minimum Gasteiger partial charge on any atom is -0.461 e. The van der Waals surface area contributed by atoms with Crippen LogP contribution in [0.5, 0.6) is 0 Å². The van der Waals surface area contributed by atoms with Gasteiger partial charge in [-0.15, -0.1) is 23.5 Å². The van der Waals surface area contributed by atoms with Gasteiger partial charge >= 0.3 is 11.9 Å². The molecule has 12 nitrogen and oxygen atoms in total. The van der Waals surface area contributed by atoms with Crippen molar-refractivity contribution in [2.24, 2.45) is 5.11 Å². The molecule has 1 unspecified atom stereocenters. The number of non-ortho nitro benzene ring substituents is 1. The monoisotopic (exact) mass is 479 g/mol. The lowest BCUT2D eigenvalue weighted by atomic mass is 10.0. The largest absolute Gasteiger partial charge is 0.461 e. The summed E-state index contributed by atoms with van der Waals surface area (Å²) in [7, 11) is 0. The van der Waals surface area contributed by atoms with Gasteiger partial charge in [0.05, 0.1) is 4.92 Å². The highest BCUT2D eigenvalue weighted by Gasteiger charge is 2.64. The zero-order valence-corrected chi connectivity index (χ0v) is 18.6. The Morgan fingerprint density at radius 2 is 2.06 bits per heavy atom. The van der Waals surface area contributed by atoms with Crippen molar-refractivity contribution >= 4 is 47.1 Å². The Balaban J connectivity index is 1.87. The van der Waals surface area contributed by atoms with Crippen molar-refractivity contribution < 1.29 is 28.8 Å². The minimum atomic E-state index is -1.01. The van der Waals surface area contributed by atoms with Crippen LogP contribution >= 0.6 is 23.5 Å². The third-order valence-electron chi connectivity index (χ3n) is 4.74. The number of thioether (sulfide) groups is 2. The molecule has 0 spiro atoms. The molecule has 0 radical (unpaired) electrons. The fourth-order valence-electron chi connectivity index (χ4n) is 3.22. The standard InChI is InChI=1S/C18H17N5O7S2/c1-10(24)29-8-12-9-32-18(31-2)15(20-21-19)16(25)22(18)14(12)17(26)30-7-11-3-5-13(6-4-11)23(27)28/h3-6,15H,7-9H2,1-2H3/t15?,18-/m1/s1. The average Bonchev–Trinajstić information content (AvgIpc) is 2.78. The van der Waals surface area contributed by atoms with Crippen molar-refractivity contribution in [2.45, 2.75) is 23.8 Å². The second-order valence-corrected chi connectivity index (χ2v) is 9.13. The number of ether oxygens (including phenoxy) is 2. The highest BCUT2D eigenvalue weighted by Crippen LogP contribution is 2.56. The van der Waals surface area contributed by atoms with Crippen LogP contribution in [-0.4, -0.2) is 56.5 Å². The Morgan fingerprint density at radius 1 is 1.38 bits per heavy atom. The van der Waals surface area contributed by atoms with Crippen molar-refractivity contribution in [1.29, 1.82) is 0 Å². The molecule has 1 amide bonds. The SMILES string of the molecule is CS[C@]12SCC(COC(C)=O)=C(C(=O)OCc3ccc([N+](=O)[O-])cc3)N1C(=O)C2N=[N+]=[N-]. The molecule has 2 atom stereocenters. The average molecular weight is 479 g/mol. The van der Waals surface area contributed by atoms with E-state index in [9.17, 15) is 24.5 Å². The lowest BCUT2D eigenvalue weighted by molar-refractivity contribution is -0.384. The van der Waals surface area contributed by atoms with Gasteiger partial charge in [-0.3, -0.25) is 24.6 Å². The van der Waals surface area contributed by atoms with Crippen molar-refractivity contribution in [3.63, 3.8) is 0 Å². The van der Waals surface area contributed by atoms with Gasteiger partial charge in [0.15, 0.2) is 10.2 Å². The van der Waals surface area contributed by atoms with Gasteiger partial charge in [-0.05, 0) is 29.5 Å². The second-order valence-electron chi connectivity index (χ2n) is 6.64. The van der Waals surface area contributed by atoms with E-state index in [-0.39, 0.29) is 30.4 Å². The summed E-state index contributed by atoms with van der Waals surface area (Å²) >= 11 is 2.55. The minimum absolute atomic E-state index is 0.0596. The number of carbonyl (C=O) groups excluding carboxylic acids is 3. The second kappa shape index (κ2) is 9.51. The molecule has 2 aliphatic rings. The number of hydrogen-bond acceptors (Lipinski definition) is 10. The first-order valence-corrected chi connectivity index (χ1v) is 11.3. The first-order valence-electron chi connectivity index (χ1n) is 9.08. The van der Waals surface area contributed by atoms with Crippen LogP contribution in [-0.2, 0) is 30.5 Å². The summed E-state index contributed by atoms with van der Waals surface area (Å²) < 4.78 is 9.39. The van der Waals surface area contributed by atoms with E-state index in [1.54, 1.807) is 6.26 Å². The summed E-state index contributed by atoms with van der Waals surface area (Å²) in [6.07, 6.45) is 1.73. The number of benzene rings is 1. The number of fused-ring (bicyclic) bond motifs is 1. The first-order chi connectivity index (χ1) is 15.2. The molecule has 32 heavy (non-hydrogen) atoms. The van der Waals surface area contributed by atoms with Gasteiger partial charge < -0.3 is 9.47 Å². The van der Waals surface area contributed by atoms with Gasteiger partial charge in [-0.2, -0.15) is 0 Å². The predicted octanol–water partition coefficient (Wildman–Crippen LogP) is 2.74. The third kappa shape index (κ3) is 4.24. The van der Waals surface area contributed by atoms with Crippen LogP contribution < -0.4 is 0 Å². The topological polar surface area (TPSA) is 165 Å². The molecule has 0 saturated carbocycles. The van der Waals surface area contributed by atoms with Gasteiger partial charge in [-0.1, -0.05) is 5.11 Å². The number of rotatable bonds is 8. The quantitative estimate of drug-likeness (QED) is 0.104. The van der Waals surface area contributed by atoms with E-state index in [0.29, 0.717) is 11.1 Å². The molecule has 168 valence electrons. The van der Waals surface area contributed by atoms with E-state index in [0.717, 1.165) is 0 Å². The van der Waals surface area contributed by atoms with Gasteiger partial charge in [-0.25, -0.2) is 4.79 Å². The van der Waals surface area contributed by atoms with Gasteiger partial charge in [0.1, 0.15) is 18.9 Å². The van der Waals surface area contributed by atoms with Crippen LogP contribution in [0.25, 0.3) is 10.4 Å². The first kappa shape index (κ1) is 23.4. The summed E-state index contributed by atoms with van der Waals surface area (Å²) in [5.74, 6) is -1.69. The van der Waals surface area contributed by atoms with E-state index >= 15 is 0 Å². The molecule has 1 fully saturated rings. The molecule has 14 heteroatoms. The Morgan fingerprint density at radius 3 is 2.62 bits per heavy atom. The number of carbonyl (C=O) groups is 3. The van der Waals surface area contributed by atoms with Crippen LogP contribution in [0, 0.1) is 10.1 Å². The van der Waals surface area contributed by atoms with Crippen molar-refractivity contribution in [1.82, 2.24) is 4.90 Å². The van der Waals surface area contributed by atoms with Crippen LogP contribution in [0.4, 0.5) is 5.69 Å². The zero-order valence-electron chi connectivity index (χ0n) is 16.9. The normalized spacial score (nSPS) is 21.8. The highest BCUT2D eigenvalue weighted by molar-refractivity contribution is 8.18. The highest BCUT2D eigenvalue weighted by atomic mass is 32.2. The van der Waals surface area contributed by atoms with Crippen LogP contribution in [0.3, 0.4) is 0 Å². The number of nitrogens with zero attached hydrogens (tertiary/aromatic N) is 5. The summed E-state index contributed by atoms with van der Waals surface area (Å²) in [5.41, 5.74) is 9.56. The summed E-state index contributed by atoms with van der Waals surface area (Å²) in [6, 6.07) is 4.48. The molecule has 1 saturated heterocycles. The lowest BCUT2D eigenvalue weighted by Gasteiger charge is -2.56. The van der Waals surface area contributed by atoms with E-state index in [2.05, 4.69) is 10.0 Å². The van der Waals surface area contributed by atoms with Crippen LogP contribution in [0.15, 0.2) is 40.6 Å². The molecule has 1 aromatic carbocycles. The number of hydrogen-bond donors (Lipinski definition) is 0. The molecule has 0 N–H and O–H groups in total. The maximum Gasteiger partial charge on any atom is 0.355 e. The molecule has 0 bridgehead atoms.